The lowest BCUT2D eigenvalue weighted by Gasteiger charge is -2.06. The highest BCUT2D eigenvalue weighted by molar-refractivity contribution is 7.98. The molecule has 0 bridgehead atoms. The predicted octanol–water partition coefficient (Wildman–Crippen LogP) is 2.04. The highest BCUT2D eigenvalue weighted by atomic mass is 35.5. The smallest absolute Gasteiger partial charge is 0.191 e. The number of nitrogens with two attached hydrogens (primary N) is 1. The van der Waals surface area contributed by atoms with Crippen LogP contribution in [0.3, 0.4) is 0 Å². The number of thioether (sulfide) groups is 1. The molecule has 0 aliphatic rings. The first-order valence-corrected chi connectivity index (χ1v) is 9.48. The van der Waals surface area contributed by atoms with Crippen molar-refractivity contribution in [3.8, 4) is 0 Å². The number of halogens is 1. The lowest BCUT2D eigenvalue weighted by atomic mass is 10.2. The average Bonchev–Trinajstić information content (AvgIpc) is 2.87. The minimum absolute atomic E-state index is 0. The number of hydrogen-bond donors (Lipinski definition) is 1. The van der Waals surface area contributed by atoms with E-state index in [9.17, 15) is 8.42 Å². The van der Waals surface area contributed by atoms with Gasteiger partial charge in [-0.2, -0.15) is 0 Å². The summed E-state index contributed by atoms with van der Waals surface area (Å²) >= 11 is 1.53. The molecular weight excluding hydrogens is 356 g/mol. The molecule has 1 heterocycles. The Labute approximate surface area is 146 Å². The number of hydrogen-bond acceptors (Lipinski definition) is 6. The third-order valence-corrected chi connectivity index (χ3v) is 5.17. The Morgan fingerprint density at radius 2 is 1.96 bits per heavy atom. The van der Waals surface area contributed by atoms with Crippen LogP contribution in [0.4, 0.5) is 0 Å². The van der Waals surface area contributed by atoms with Crippen LogP contribution in [-0.2, 0) is 28.7 Å². The van der Waals surface area contributed by atoms with Crippen LogP contribution < -0.4 is 5.73 Å². The van der Waals surface area contributed by atoms with Gasteiger partial charge < -0.3 is 10.3 Å². The molecule has 0 saturated heterocycles. The van der Waals surface area contributed by atoms with E-state index in [-0.39, 0.29) is 12.4 Å². The lowest BCUT2D eigenvalue weighted by Crippen LogP contribution is -2.08. The highest BCUT2D eigenvalue weighted by Crippen LogP contribution is 2.22. The van der Waals surface area contributed by atoms with Crippen LogP contribution in [0, 0.1) is 0 Å². The average molecular weight is 375 g/mol. The summed E-state index contributed by atoms with van der Waals surface area (Å²) in [5, 5.41) is 8.95. The first-order valence-electron chi connectivity index (χ1n) is 6.60. The molecule has 0 atom stereocenters. The Morgan fingerprint density at radius 3 is 2.48 bits per heavy atom. The number of allylic oxidation sites excluding steroid dienone is 1. The van der Waals surface area contributed by atoms with Gasteiger partial charge in [0.25, 0.3) is 0 Å². The van der Waals surface area contributed by atoms with Gasteiger partial charge in [0, 0.05) is 18.6 Å². The van der Waals surface area contributed by atoms with Gasteiger partial charge in [0.2, 0.25) is 0 Å². The Balaban J connectivity index is 0.00000264. The van der Waals surface area contributed by atoms with E-state index in [0.717, 1.165) is 16.5 Å². The predicted molar refractivity (Wildman–Crippen MR) is 94.5 cm³/mol. The van der Waals surface area contributed by atoms with E-state index in [0.29, 0.717) is 23.7 Å². The fourth-order valence-electron chi connectivity index (χ4n) is 1.87. The first-order chi connectivity index (χ1) is 10.5. The maximum Gasteiger partial charge on any atom is 0.191 e. The van der Waals surface area contributed by atoms with Crippen molar-refractivity contribution in [3.05, 3.63) is 48.3 Å². The maximum absolute atomic E-state index is 11.4. The summed E-state index contributed by atoms with van der Waals surface area (Å²) in [6.07, 6.45) is 2.97. The van der Waals surface area contributed by atoms with Gasteiger partial charge in [-0.3, -0.25) is 0 Å². The molecule has 1 aromatic heterocycles. The van der Waals surface area contributed by atoms with E-state index in [1.807, 2.05) is 4.57 Å². The minimum atomic E-state index is -3.16. The first kappa shape index (κ1) is 19.7. The molecule has 2 N–H and O–H groups in total. The zero-order valence-corrected chi connectivity index (χ0v) is 15.1. The summed E-state index contributed by atoms with van der Waals surface area (Å²) in [4.78, 5) is 0.321. The minimum Gasteiger partial charge on any atom is -0.324 e. The highest BCUT2D eigenvalue weighted by Gasteiger charge is 2.11. The topological polar surface area (TPSA) is 90.9 Å². The van der Waals surface area contributed by atoms with E-state index >= 15 is 0 Å². The second-order valence-corrected chi connectivity index (χ2v) is 7.67. The second-order valence-electron chi connectivity index (χ2n) is 4.71. The van der Waals surface area contributed by atoms with Crippen molar-refractivity contribution >= 4 is 34.0 Å². The molecule has 1 aromatic carbocycles. The molecule has 0 aliphatic carbocycles. The standard InChI is InChI=1S/C14H18N4O2S2.ClH/c1-3-8-18-13(9-15)16-17-14(18)21-10-11-4-6-12(7-5-11)22(2,19)20;/h3-7H,1,8-10,15H2,2H3;1H. The Morgan fingerprint density at radius 1 is 1.30 bits per heavy atom. The normalized spacial score (nSPS) is 11.0. The van der Waals surface area contributed by atoms with E-state index in [2.05, 4.69) is 16.8 Å². The monoisotopic (exact) mass is 374 g/mol. The second kappa shape index (κ2) is 8.49. The van der Waals surface area contributed by atoms with Crippen molar-refractivity contribution in [2.24, 2.45) is 5.73 Å². The molecular formula is C14H19ClN4O2S2. The zero-order valence-electron chi connectivity index (χ0n) is 12.7. The number of rotatable bonds is 7. The fraction of sp³-hybridized carbons (Fsp3) is 0.286. The van der Waals surface area contributed by atoms with Crippen LogP contribution in [0.25, 0.3) is 0 Å². The number of sulfone groups is 1. The number of aromatic nitrogens is 3. The Kier molecular flexibility index (Phi) is 7.27. The molecule has 126 valence electrons. The largest absolute Gasteiger partial charge is 0.324 e. The summed E-state index contributed by atoms with van der Waals surface area (Å²) in [7, 11) is -3.16. The van der Waals surface area contributed by atoms with Crippen LogP contribution in [-0.4, -0.2) is 29.4 Å². The Bertz CT molecular complexity index is 758. The lowest BCUT2D eigenvalue weighted by molar-refractivity contribution is 0.602. The summed E-state index contributed by atoms with van der Waals surface area (Å²) in [5.41, 5.74) is 6.65. The third kappa shape index (κ3) is 5.07. The summed E-state index contributed by atoms with van der Waals surface area (Å²) in [5.74, 6) is 1.39. The summed E-state index contributed by atoms with van der Waals surface area (Å²) in [6.45, 7) is 4.65. The van der Waals surface area contributed by atoms with Gasteiger partial charge in [0.15, 0.2) is 15.0 Å². The Hall–Kier alpha value is -1.35. The molecule has 0 amide bonds. The van der Waals surface area contributed by atoms with Crippen molar-refractivity contribution in [2.75, 3.05) is 6.26 Å². The molecule has 0 fully saturated rings. The molecule has 0 unspecified atom stereocenters. The van der Waals surface area contributed by atoms with Crippen molar-refractivity contribution < 1.29 is 8.42 Å². The maximum atomic E-state index is 11.4. The molecule has 0 spiro atoms. The number of benzene rings is 1. The van der Waals surface area contributed by atoms with Gasteiger partial charge in [-0.05, 0) is 17.7 Å². The van der Waals surface area contributed by atoms with Gasteiger partial charge in [-0.1, -0.05) is 30.0 Å². The summed E-state index contributed by atoms with van der Waals surface area (Å²) in [6, 6.07) is 6.85. The quantitative estimate of drug-likeness (QED) is 0.589. The van der Waals surface area contributed by atoms with Gasteiger partial charge in [-0.15, -0.1) is 29.2 Å². The van der Waals surface area contributed by atoms with Crippen LogP contribution >= 0.6 is 24.2 Å². The molecule has 2 aromatic rings. The molecule has 23 heavy (non-hydrogen) atoms. The molecule has 0 saturated carbocycles. The third-order valence-electron chi connectivity index (χ3n) is 3.01. The van der Waals surface area contributed by atoms with E-state index in [4.69, 9.17) is 5.73 Å². The van der Waals surface area contributed by atoms with E-state index in [1.165, 1.54) is 18.0 Å². The SMILES string of the molecule is C=CCn1c(CN)nnc1SCc1ccc(S(C)(=O)=O)cc1.Cl. The van der Waals surface area contributed by atoms with Crippen LogP contribution in [0.5, 0.6) is 0 Å². The van der Waals surface area contributed by atoms with Crippen molar-refractivity contribution in [1.29, 1.82) is 0 Å². The van der Waals surface area contributed by atoms with Crippen LogP contribution in [0.1, 0.15) is 11.4 Å². The van der Waals surface area contributed by atoms with E-state index < -0.39 is 9.84 Å². The van der Waals surface area contributed by atoms with Gasteiger partial charge in [-0.25, -0.2) is 8.42 Å². The van der Waals surface area contributed by atoms with E-state index in [1.54, 1.807) is 30.3 Å². The van der Waals surface area contributed by atoms with Crippen molar-refractivity contribution in [3.63, 3.8) is 0 Å². The van der Waals surface area contributed by atoms with Crippen molar-refractivity contribution in [1.82, 2.24) is 14.8 Å². The zero-order chi connectivity index (χ0) is 16.2. The molecule has 9 heteroatoms. The molecule has 0 aliphatic heterocycles. The van der Waals surface area contributed by atoms with Gasteiger partial charge in [0.05, 0.1) is 11.4 Å². The summed E-state index contributed by atoms with van der Waals surface area (Å²) < 4.78 is 24.8. The van der Waals surface area contributed by atoms with Gasteiger partial charge in [0.1, 0.15) is 5.82 Å². The molecule has 0 radical (unpaired) electrons. The molecule has 6 nitrogen and oxygen atoms in total. The van der Waals surface area contributed by atoms with Crippen LogP contribution in [0.15, 0.2) is 47.0 Å². The van der Waals surface area contributed by atoms with Gasteiger partial charge >= 0.3 is 0 Å². The molecule has 2 rings (SSSR count). The number of nitrogens with zero attached hydrogens (tertiary/aromatic N) is 3. The van der Waals surface area contributed by atoms with Crippen molar-refractivity contribution in [2.45, 2.75) is 28.9 Å². The fourth-order valence-corrected chi connectivity index (χ4v) is 3.42. The van der Waals surface area contributed by atoms with Crippen LogP contribution in [0.2, 0.25) is 0 Å².